The Balaban J connectivity index is 0.921. The van der Waals surface area contributed by atoms with Crippen LogP contribution in [0.5, 0.6) is 0 Å². The highest BCUT2D eigenvalue weighted by Gasteiger charge is 2.38. The van der Waals surface area contributed by atoms with E-state index < -0.39 is 0 Å². The molecule has 0 atom stereocenters. The van der Waals surface area contributed by atoms with Gasteiger partial charge in [-0.2, -0.15) is 0 Å². The summed E-state index contributed by atoms with van der Waals surface area (Å²) in [6, 6.07) is 72.7. The summed E-state index contributed by atoms with van der Waals surface area (Å²) in [5.41, 5.74) is 21.5. The minimum absolute atomic E-state index is 0.159. The first kappa shape index (κ1) is 37.6. The Bertz CT molecular complexity index is 3950. The number of para-hydroxylation sites is 1. The summed E-state index contributed by atoms with van der Waals surface area (Å²) in [6.45, 7) is 4.85. The molecule has 0 N–H and O–H groups in total. The van der Waals surface area contributed by atoms with Crippen molar-refractivity contribution in [1.82, 2.24) is 9.13 Å². The largest absolute Gasteiger partial charge is 0.310 e. The summed E-state index contributed by atoms with van der Waals surface area (Å²) in [5, 5.41) is 6.64. The summed E-state index contributed by atoms with van der Waals surface area (Å²) in [4.78, 5) is 0. The van der Waals surface area contributed by atoms with Crippen molar-refractivity contribution in [3.05, 3.63) is 223 Å². The van der Waals surface area contributed by atoms with Gasteiger partial charge in [-0.3, -0.25) is 0 Å². The zero-order valence-corrected chi connectivity index (χ0v) is 37.7. The Kier molecular flexibility index (Phi) is 8.06. The predicted molar refractivity (Wildman–Crippen MR) is 282 cm³/mol. The van der Waals surface area contributed by atoms with Crippen LogP contribution in [0, 0.1) is 0 Å². The molecule has 0 radical (unpaired) electrons. The molecule has 0 amide bonds. The predicted octanol–water partition coefficient (Wildman–Crippen LogP) is 17.4. The van der Waals surface area contributed by atoms with Crippen molar-refractivity contribution in [1.29, 1.82) is 0 Å². The number of rotatable bonds is 5. The van der Waals surface area contributed by atoms with Crippen LogP contribution in [0.4, 0.5) is 0 Å². The maximum absolute atomic E-state index is 2.52. The lowest BCUT2D eigenvalue weighted by Gasteiger charge is -2.23. The fraction of sp³-hybridized carbons (Fsp3) is 0.0794. The average molecular weight is 861 g/mol. The van der Waals surface area contributed by atoms with E-state index >= 15 is 0 Å². The van der Waals surface area contributed by atoms with Gasteiger partial charge in [0, 0.05) is 58.8 Å². The monoisotopic (exact) mass is 860 g/mol. The third kappa shape index (κ3) is 5.47. The second-order valence-electron chi connectivity index (χ2n) is 18.8. The number of nitrogens with zero attached hydrogens (tertiary/aromatic N) is 2. The lowest BCUT2D eigenvalue weighted by atomic mass is 9.80. The van der Waals surface area contributed by atoms with Gasteiger partial charge in [-0.15, -0.1) is 11.3 Å². The molecule has 3 heteroatoms. The van der Waals surface area contributed by atoms with Gasteiger partial charge >= 0.3 is 0 Å². The van der Waals surface area contributed by atoms with Crippen molar-refractivity contribution < 1.29 is 0 Å². The fourth-order valence-electron chi connectivity index (χ4n) is 11.7. The molecule has 312 valence electrons. The lowest BCUT2D eigenvalue weighted by molar-refractivity contribution is 0.666. The van der Waals surface area contributed by atoms with Crippen molar-refractivity contribution in [2.24, 2.45) is 0 Å². The minimum atomic E-state index is -0.159. The molecule has 14 rings (SSSR count). The second-order valence-corrected chi connectivity index (χ2v) is 19.9. The summed E-state index contributed by atoms with van der Waals surface area (Å²) >= 11 is 1.91. The van der Waals surface area contributed by atoms with Crippen LogP contribution in [0.25, 0.3) is 115 Å². The van der Waals surface area contributed by atoms with Gasteiger partial charge in [0.25, 0.3) is 0 Å². The summed E-state index contributed by atoms with van der Waals surface area (Å²) in [5.74, 6) is 0. The van der Waals surface area contributed by atoms with E-state index in [0.29, 0.717) is 0 Å². The normalized spacial score (nSPS) is 13.8. The molecule has 2 nitrogen and oxygen atoms in total. The molecule has 2 aliphatic rings. The number of benzene rings is 9. The number of fused-ring (bicyclic) bond motifs is 13. The number of hydrogen-bond acceptors (Lipinski definition) is 1. The smallest absolute Gasteiger partial charge is 0.0543 e. The maximum atomic E-state index is 2.52. The van der Waals surface area contributed by atoms with Gasteiger partial charge in [-0.25, -0.2) is 0 Å². The number of thiophene rings is 1. The maximum Gasteiger partial charge on any atom is 0.0543 e. The molecular weight excluding hydrogens is 817 g/mol. The van der Waals surface area contributed by atoms with Gasteiger partial charge in [-0.05, 0) is 147 Å². The third-order valence-corrected chi connectivity index (χ3v) is 15.9. The summed E-state index contributed by atoms with van der Waals surface area (Å²) < 4.78 is 7.73. The molecule has 0 bridgehead atoms. The average Bonchev–Trinajstić information content (AvgIpc) is 4.08. The van der Waals surface area contributed by atoms with E-state index in [0.717, 1.165) is 12.8 Å². The standard InChI is InChI=1S/C63H44N2S/c1-63(2)54-38-45(27-29-47(54)51-30-32-60-61(62(51)63)52-21-11-14-24-59(52)66-60)64-56-23-13-10-20-49(56)53-36-41(26-31-57(53)64)42-25-28-50-48-19-9-12-22-55(48)65(58(50)37-42)46-34-43(39-15-5-3-6-16-39)33-44(35-46)40-17-7-4-8-18-40/h3-8,10-18,20-38H,9,19H2,1-2H3. The molecule has 0 saturated carbocycles. The van der Waals surface area contributed by atoms with E-state index in [2.05, 4.69) is 229 Å². The molecular formula is C63H44N2S. The van der Waals surface area contributed by atoms with E-state index in [9.17, 15) is 0 Å². The molecule has 0 spiro atoms. The van der Waals surface area contributed by atoms with Crippen LogP contribution in [0.2, 0.25) is 0 Å². The van der Waals surface area contributed by atoms with Gasteiger partial charge in [0.2, 0.25) is 0 Å². The van der Waals surface area contributed by atoms with Gasteiger partial charge in [0.1, 0.15) is 0 Å². The van der Waals surface area contributed by atoms with Crippen molar-refractivity contribution in [2.45, 2.75) is 32.1 Å². The van der Waals surface area contributed by atoms with Crippen LogP contribution < -0.4 is 0 Å². The van der Waals surface area contributed by atoms with Gasteiger partial charge in [-0.1, -0.05) is 147 Å². The van der Waals surface area contributed by atoms with E-state index in [1.165, 1.54) is 131 Å². The van der Waals surface area contributed by atoms with E-state index in [4.69, 9.17) is 0 Å². The quantitative estimate of drug-likeness (QED) is 0.163. The van der Waals surface area contributed by atoms with Crippen molar-refractivity contribution in [3.8, 4) is 55.9 Å². The molecule has 3 aromatic heterocycles. The number of allylic oxidation sites excluding steroid dienone is 1. The SMILES string of the molecule is CC1(C)c2cc(-n3c4ccccc4c4cc(-c5ccc6c7c(n(-c8cc(-c9ccccc9)cc(-c9ccccc9)c8)c6c5)C=CCC7)ccc43)ccc2-c2ccc3sc4ccccc4c3c21. The molecule has 0 unspecified atom stereocenters. The van der Waals surface area contributed by atoms with Crippen LogP contribution in [-0.2, 0) is 11.8 Å². The number of hydrogen-bond donors (Lipinski definition) is 0. The third-order valence-electron chi connectivity index (χ3n) is 14.7. The molecule has 66 heavy (non-hydrogen) atoms. The first-order chi connectivity index (χ1) is 32.5. The topological polar surface area (TPSA) is 9.86 Å². The van der Waals surface area contributed by atoms with E-state index in [1.54, 1.807) is 0 Å². The van der Waals surface area contributed by atoms with E-state index in [1.807, 2.05) is 11.3 Å². The zero-order valence-electron chi connectivity index (χ0n) is 36.8. The Morgan fingerprint density at radius 3 is 1.92 bits per heavy atom. The first-order valence-electron chi connectivity index (χ1n) is 23.2. The molecule has 12 aromatic rings. The van der Waals surface area contributed by atoms with Crippen LogP contribution in [0.1, 0.15) is 42.7 Å². The van der Waals surface area contributed by atoms with E-state index in [-0.39, 0.29) is 5.41 Å². The Hall–Kier alpha value is -7.72. The highest BCUT2D eigenvalue weighted by atomic mass is 32.1. The number of aryl methyl sites for hydroxylation is 1. The highest BCUT2D eigenvalue weighted by Crippen LogP contribution is 2.54. The number of aromatic nitrogens is 2. The van der Waals surface area contributed by atoms with Gasteiger partial charge in [0.05, 0.1) is 16.6 Å². The van der Waals surface area contributed by atoms with Crippen LogP contribution >= 0.6 is 11.3 Å². The van der Waals surface area contributed by atoms with Crippen LogP contribution in [-0.4, -0.2) is 9.13 Å². The molecule has 2 aliphatic carbocycles. The van der Waals surface area contributed by atoms with Crippen molar-refractivity contribution in [2.75, 3.05) is 0 Å². The fourth-order valence-corrected chi connectivity index (χ4v) is 12.8. The Labute approximate surface area is 388 Å². The highest BCUT2D eigenvalue weighted by molar-refractivity contribution is 7.25. The first-order valence-corrected chi connectivity index (χ1v) is 24.0. The van der Waals surface area contributed by atoms with Crippen molar-refractivity contribution >= 4 is 70.3 Å². The minimum Gasteiger partial charge on any atom is -0.310 e. The van der Waals surface area contributed by atoms with Crippen molar-refractivity contribution in [3.63, 3.8) is 0 Å². The molecule has 0 aliphatic heterocycles. The molecule has 0 saturated heterocycles. The van der Waals surface area contributed by atoms with Crippen LogP contribution in [0.15, 0.2) is 200 Å². The van der Waals surface area contributed by atoms with Gasteiger partial charge in [0.15, 0.2) is 0 Å². The zero-order chi connectivity index (χ0) is 43.7. The Morgan fingerprint density at radius 1 is 0.439 bits per heavy atom. The molecule has 3 heterocycles. The summed E-state index contributed by atoms with van der Waals surface area (Å²) in [6.07, 6.45) is 6.77. The molecule has 0 fully saturated rings. The molecule has 9 aromatic carbocycles. The Morgan fingerprint density at radius 2 is 1.12 bits per heavy atom. The summed E-state index contributed by atoms with van der Waals surface area (Å²) in [7, 11) is 0. The van der Waals surface area contributed by atoms with Crippen LogP contribution in [0.3, 0.4) is 0 Å². The second kappa shape index (κ2) is 14.1. The lowest BCUT2D eigenvalue weighted by Crippen LogP contribution is -2.15. The van der Waals surface area contributed by atoms with Gasteiger partial charge < -0.3 is 9.13 Å².